The zero-order chi connectivity index (χ0) is 14.7. The summed E-state index contributed by atoms with van der Waals surface area (Å²) in [6, 6.07) is 8.46. The molecule has 0 bridgehead atoms. The summed E-state index contributed by atoms with van der Waals surface area (Å²) in [5.74, 6) is 0.933. The van der Waals surface area contributed by atoms with Crippen molar-refractivity contribution in [2.45, 2.75) is 13.3 Å². The quantitative estimate of drug-likeness (QED) is 0.630. The number of hydrogen-bond acceptors (Lipinski definition) is 3. The van der Waals surface area contributed by atoms with Gasteiger partial charge in [0.25, 0.3) is 0 Å². The molecule has 0 aromatic heterocycles. The van der Waals surface area contributed by atoms with Crippen LogP contribution in [0.2, 0.25) is 0 Å². The van der Waals surface area contributed by atoms with Gasteiger partial charge in [0, 0.05) is 13.0 Å². The Morgan fingerprint density at radius 2 is 2.05 bits per heavy atom. The van der Waals surface area contributed by atoms with Crippen LogP contribution in [0, 0.1) is 6.92 Å². The molecule has 1 saturated heterocycles. The van der Waals surface area contributed by atoms with Crippen molar-refractivity contribution in [2.24, 2.45) is 10.1 Å². The summed E-state index contributed by atoms with van der Waals surface area (Å²) >= 11 is 0. The van der Waals surface area contributed by atoms with E-state index in [1.807, 2.05) is 11.3 Å². The van der Waals surface area contributed by atoms with Crippen LogP contribution < -0.4 is 9.91 Å². The first-order chi connectivity index (χ1) is 10.2. The molecular weight excluding hydrogens is 262 g/mol. The summed E-state index contributed by atoms with van der Waals surface area (Å²) in [5.41, 5.74) is 2.42. The van der Waals surface area contributed by atoms with Gasteiger partial charge in [-0.15, -0.1) is 0 Å². The van der Waals surface area contributed by atoms with Crippen LogP contribution in [0.15, 0.2) is 34.4 Å². The summed E-state index contributed by atoms with van der Waals surface area (Å²) in [6.45, 7) is 7.58. The molecule has 21 heavy (non-hydrogen) atoms. The van der Waals surface area contributed by atoms with Crippen LogP contribution in [0.4, 0.5) is 5.69 Å². The number of piperazine rings is 1. The van der Waals surface area contributed by atoms with E-state index in [0.29, 0.717) is 0 Å². The van der Waals surface area contributed by atoms with Crippen molar-refractivity contribution < 1.29 is 4.90 Å². The first-order valence-electron chi connectivity index (χ1n) is 7.72. The molecule has 0 atom stereocenters. The minimum atomic E-state index is 0.920. The molecule has 1 aromatic rings. The van der Waals surface area contributed by atoms with Crippen LogP contribution in [0.1, 0.15) is 12.0 Å². The van der Waals surface area contributed by atoms with Crippen molar-refractivity contribution in [3.05, 3.63) is 29.8 Å². The topological polar surface area (TPSA) is 35.6 Å². The van der Waals surface area contributed by atoms with E-state index in [0.717, 1.165) is 37.6 Å². The fraction of sp³-hybridized carbons (Fsp3) is 0.500. The SMILES string of the molecule is Cc1cccc(N2CCC(N=CN3CC[NH+](C)CC3)=N2)c1. The summed E-state index contributed by atoms with van der Waals surface area (Å²) in [5, 5.41) is 6.67. The Labute approximate surface area is 126 Å². The van der Waals surface area contributed by atoms with Gasteiger partial charge in [0.1, 0.15) is 0 Å². The van der Waals surface area contributed by atoms with Crippen LogP contribution in [-0.2, 0) is 0 Å². The molecule has 2 aliphatic heterocycles. The van der Waals surface area contributed by atoms with Gasteiger partial charge in [-0.3, -0.25) is 5.01 Å². The molecule has 1 fully saturated rings. The standard InChI is InChI=1S/C16H23N5/c1-14-4-3-5-15(12-14)21-7-6-16(18-21)17-13-20-10-8-19(2)9-11-20/h3-5,12-13H,6-11H2,1-2H3/p+1. The van der Waals surface area contributed by atoms with Gasteiger partial charge < -0.3 is 9.80 Å². The number of quaternary nitrogens is 1. The molecule has 0 unspecified atom stereocenters. The fourth-order valence-corrected chi connectivity index (χ4v) is 2.68. The number of likely N-dealkylation sites (N-methyl/N-ethyl adjacent to an activating group) is 1. The highest BCUT2D eigenvalue weighted by Crippen LogP contribution is 2.20. The number of aryl methyl sites for hydroxylation is 1. The minimum absolute atomic E-state index is 0.920. The highest BCUT2D eigenvalue weighted by Gasteiger charge is 2.17. The van der Waals surface area contributed by atoms with Crippen LogP contribution in [0.5, 0.6) is 0 Å². The molecule has 5 heteroatoms. The second-order valence-electron chi connectivity index (χ2n) is 5.97. The van der Waals surface area contributed by atoms with E-state index in [2.05, 4.69) is 53.2 Å². The first-order valence-corrected chi connectivity index (χ1v) is 7.72. The summed E-state index contributed by atoms with van der Waals surface area (Å²) in [4.78, 5) is 8.47. The number of nitrogens with zero attached hydrogens (tertiary/aromatic N) is 4. The number of amidine groups is 1. The molecular formula is C16H24N5+. The van der Waals surface area contributed by atoms with Gasteiger partial charge in [-0.2, -0.15) is 5.10 Å². The van der Waals surface area contributed by atoms with Gasteiger partial charge in [-0.25, -0.2) is 4.99 Å². The number of hydrogen-bond donors (Lipinski definition) is 1. The summed E-state index contributed by atoms with van der Waals surface area (Å²) in [6.07, 6.45) is 2.90. The van der Waals surface area contributed by atoms with E-state index >= 15 is 0 Å². The lowest BCUT2D eigenvalue weighted by molar-refractivity contribution is -0.883. The van der Waals surface area contributed by atoms with Gasteiger partial charge in [0.15, 0.2) is 5.84 Å². The van der Waals surface area contributed by atoms with Crippen LogP contribution in [0.25, 0.3) is 0 Å². The van der Waals surface area contributed by atoms with Crippen molar-refractivity contribution in [2.75, 3.05) is 44.8 Å². The maximum Gasteiger partial charge on any atom is 0.152 e. The molecule has 0 amide bonds. The molecule has 0 saturated carbocycles. The Morgan fingerprint density at radius 3 is 2.81 bits per heavy atom. The van der Waals surface area contributed by atoms with Gasteiger partial charge in [0.05, 0.1) is 45.3 Å². The van der Waals surface area contributed by atoms with E-state index in [4.69, 9.17) is 0 Å². The average Bonchev–Trinajstić information content (AvgIpc) is 2.96. The Balaban J connectivity index is 1.61. The van der Waals surface area contributed by atoms with E-state index in [-0.39, 0.29) is 0 Å². The lowest BCUT2D eigenvalue weighted by Crippen LogP contribution is -3.11. The number of aliphatic imine (C=N–C) groups is 1. The molecule has 2 aliphatic rings. The number of benzene rings is 1. The second-order valence-corrected chi connectivity index (χ2v) is 5.97. The third-order valence-electron chi connectivity index (χ3n) is 4.10. The van der Waals surface area contributed by atoms with Crippen molar-refractivity contribution in [3.63, 3.8) is 0 Å². The van der Waals surface area contributed by atoms with Gasteiger partial charge in [0.2, 0.25) is 0 Å². The molecule has 1 aromatic carbocycles. The number of rotatable bonds is 2. The molecule has 0 spiro atoms. The fourth-order valence-electron chi connectivity index (χ4n) is 2.68. The van der Waals surface area contributed by atoms with Crippen molar-refractivity contribution in [1.82, 2.24) is 4.90 Å². The maximum atomic E-state index is 4.62. The Kier molecular flexibility index (Phi) is 4.20. The zero-order valence-corrected chi connectivity index (χ0v) is 12.9. The summed E-state index contributed by atoms with van der Waals surface area (Å²) in [7, 11) is 2.25. The molecule has 1 N–H and O–H groups in total. The molecule has 0 radical (unpaired) electrons. The van der Waals surface area contributed by atoms with Crippen LogP contribution >= 0.6 is 0 Å². The number of anilines is 1. The lowest BCUT2D eigenvalue weighted by Gasteiger charge is -2.28. The second kappa shape index (κ2) is 6.26. The van der Waals surface area contributed by atoms with E-state index in [9.17, 15) is 0 Å². The van der Waals surface area contributed by atoms with Crippen molar-refractivity contribution in [3.8, 4) is 0 Å². The number of hydrazone groups is 1. The molecule has 3 rings (SSSR count). The highest BCUT2D eigenvalue weighted by molar-refractivity contribution is 5.91. The third-order valence-corrected chi connectivity index (χ3v) is 4.10. The Morgan fingerprint density at radius 1 is 1.24 bits per heavy atom. The normalized spacial score (nSPS) is 20.4. The van der Waals surface area contributed by atoms with Crippen molar-refractivity contribution >= 4 is 17.9 Å². The largest absolute Gasteiger partial charge is 0.351 e. The number of nitrogens with one attached hydrogen (secondary N) is 1. The van der Waals surface area contributed by atoms with Gasteiger partial charge in [-0.1, -0.05) is 12.1 Å². The Hall–Kier alpha value is -1.88. The van der Waals surface area contributed by atoms with Gasteiger partial charge >= 0.3 is 0 Å². The van der Waals surface area contributed by atoms with E-state index < -0.39 is 0 Å². The first kappa shape index (κ1) is 14.1. The maximum absolute atomic E-state index is 4.62. The van der Waals surface area contributed by atoms with E-state index in [1.165, 1.54) is 18.7 Å². The average molecular weight is 286 g/mol. The van der Waals surface area contributed by atoms with Crippen LogP contribution in [0.3, 0.4) is 0 Å². The molecule has 112 valence electrons. The van der Waals surface area contributed by atoms with Gasteiger partial charge in [-0.05, 0) is 24.6 Å². The third kappa shape index (κ3) is 3.61. The zero-order valence-electron chi connectivity index (χ0n) is 12.9. The molecule has 5 nitrogen and oxygen atoms in total. The Bertz CT molecular complexity index is 543. The highest BCUT2D eigenvalue weighted by atomic mass is 15.5. The monoisotopic (exact) mass is 286 g/mol. The molecule has 0 aliphatic carbocycles. The van der Waals surface area contributed by atoms with Crippen molar-refractivity contribution in [1.29, 1.82) is 0 Å². The lowest BCUT2D eigenvalue weighted by atomic mass is 10.2. The van der Waals surface area contributed by atoms with Crippen LogP contribution in [-0.4, -0.2) is 56.8 Å². The smallest absolute Gasteiger partial charge is 0.152 e. The minimum Gasteiger partial charge on any atom is -0.351 e. The summed E-state index contributed by atoms with van der Waals surface area (Å²) < 4.78 is 0. The predicted molar refractivity (Wildman–Crippen MR) is 87.3 cm³/mol. The van der Waals surface area contributed by atoms with E-state index in [1.54, 1.807) is 4.90 Å². The molecule has 2 heterocycles. The predicted octanol–water partition coefficient (Wildman–Crippen LogP) is 0.377.